The second-order valence-electron chi connectivity index (χ2n) is 4.51. The molecule has 0 saturated heterocycles. The quantitative estimate of drug-likeness (QED) is 0.848. The lowest BCUT2D eigenvalue weighted by Crippen LogP contribution is -2.12. The number of amides is 1. The fraction of sp³-hybridized carbons (Fsp3) is 0.133. The first-order valence-electron chi connectivity index (χ1n) is 6.42. The molecule has 0 aromatic heterocycles. The number of carbonyl (C=O) groups is 1. The standard InChI is InChI=1S/C15H16N2O3S/c1-2-21(19,20)14-8-6-13(7-9-14)17-15(18)11-4-3-5-12(16)10-11/h3-10H,2,16H2,1H3,(H,17,18). The highest BCUT2D eigenvalue weighted by atomic mass is 32.2. The number of nitrogens with one attached hydrogen (secondary N) is 1. The summed E-state index contributed by atoms with van der Waals surface area (Å²) in [7, 11) is -3.23. The number of anilines is 2. The highest BCUT2D eigenvalue weighted by Crippen LogP contribution is 2.16. The van der Waals surface area contributed by atoms with Crippen LogP contribution in [0.3, 0.4) is 0 Å². The van der Waals surface area contributed by atoms with E-state index in [4.69, 9.17) is 5.73 Å². The molecular weight excluding hydrogens is 288 g/mol. The molecule has 0 heterocycles. The van der Waals surface area contributed by atoms with Gasteiger partial charge in [-0.2, -0.15) is 0 Å². The minimum Gasteiger partial charge on any atom is -0.399 e. The summed E-state index contributed by atoms with van der Waals surface area (Å²) in [5.74, 6) is -0.254. The molecule has 0 radical (unpaired) electrons. The van der Waals surface area contributed by atoms with E-state index in [1.165, 1.54) is 12.1 Å². The Kier molecular flexibility index (Phi) is 4.28. The maximum Gasteiger partial charge on any atom is 0.255 e. The topological polar surface area (TPSA) is 89.3 Å². The first-order chi connectivity index (χ1) is 9.92. The van der Waals surface area contributed by atoms with Crippen LogP contribution in [-0.2, 0) is 9.84 Å². The third-order valence-electron chi connectivity index (χ3n) is 3.00. The molecule has 0 aliphatic carbocycles. The SMILES string of the molecule is CCS(=O)(=O)c1ccc(NC(=O)c2cccc(N)c2)cc1. The molecule has 0 fully saturated rings. The Balaban J connectivity index is 2.16. The van der Waals surface area contributed by atoms with Crippen LogP contribution < -0.4 is 11.1 Å². The molecule has 110 valence electrons. The second kappa shape index (κ2) is 5.97. The van der Waals surface area contributed by atoms with Crippen LogP contribution in [0.4, 0.5) is 11.4 Å². The smallest absolute Gasteiger partial charge is 0.255 e. The zero-order valence-corrected chi connectivity index (χ0v) is 12.4. The Morgan fingerprint density at radius 2 is 1.81 bits per heavy atom. The molecule has 0 aliphatic rings. The number of nitrogen functional groups attached to an aromatic ring is 1. The van der Waals surface area contributed by atoms with Crippen LogP contribution in [0.5, 0.6) is 0 Å². The van der Waals surface area contributed by atoms with Crippen LogP contribution in [0, 0.1) is 0 Å². The van der Waals surface area contributed by atoms with Gasteiger partial charge in [0.25, 0.3) is 5.91 Å². The molecular formula is C15H16N2O3S. The van der Waals surface area contributed by atoms with Crippen molar-refractivity contribution in [3.05, 3.63) is 54.1 Å². The highest BCUT2D eigenvalue weighted by molar-refractivity contribution is 7.91. The summed E-state index contributed by atoms with van der Waals surface area (Å²) in [6.07, 6.45) is 0. The average Bonchev–Trinajstić information content (AvgIpc) is 2.48. The van der Waals surface area contributed by atoms with E-state index in [-0.39, 0.29) is 16.6 Å². The van der Waals surface area contributed by atoms with Crippen LogP contribution in [0.1, 0.15) is 17.3 Å². The summed E-state index contributed by atoms with van der Waals surface area (Å²) in [4.78, 5) is 12.3. The van der Waals surface area contributed by atoms with Gasteiger partial charge in [-0.05, 0) is 42.5 Å². The Labute approximate surface area is 123 Å². The van der Waals surface area contributed by atoms with Gasteiger partial charge in [-0.15, -0.1) is 0 Å². The van der Waals surface area contributed by atoms with Crippen LogP contribution in [-0.4, -0.2) is 20.1 Å². The van der Waals surface area contributed by atoms with Gasteiger partial charge in [0, 0.05) is 16.9 Å². The lowest BCUT2D eigenvalue weighted by atomic mass is 10.2. The Morgan fingerprint density at radius 1 is 1.14 bits per heavy atom. The van der Waals surface area contributed by atoms with Gasteiger partial charge in [-0.3, -0.25) is 4.79 Å². The first kappa shape index (κ1) is 15.1. The molecule has 21 heavy (non-hydrogen) atoms. The predicted octanol–water partition coefficient (Wildman–Crippen LogP) is 2.31. The lowest BCUT2D eigenvalue weighted by Gasteiger charge is -2.07. The normalized spacial score (nSPS) is 11.1. The molecule has 6 heteroatoms. The molecule has 0 aliphatic heterocycles. The van der Waals surface area contributed by atoms with Gasteiger partial charge in [0.2, 0.25) is 0 Å². The van der Waals surface area contributed by atoms with E-state index in [2.05, 4.69) is 5.32 Å². The van der Waals surface area contributed by atoms with Crippen molar-refractivity contribution in [2.24, 2.45) is 0 Å². The summed E-state index contributed by atoms with van der Waals surface area (Å²) in [5.41, 5.74) is 7.10. The molecule has 0 spiro atoms. The molecule has 5 nitrogen and oxygen atoms in total. The van der Waals surface area contributed by atoms with Crippen molar-refractivity contribution in [2.45, 2.75) is 11.8 Å². The fourth-order valence-corrected chi connectivity index (χ4v) is 2.68. The summed E-state index contributed by atoms with van der Waals surface area (Å²) < 4.78 is 23.4. The Morgan fingerprint density at radius 3 is 2.38 bits per heavy atom. The maximum atomic E-state index is 12.0. The molecule has 0 atom stereocenters. The maximum absolute atomic E-state index is 12.0. The monoisotopic (exact) mass is 304 g/mol. The number of hydrogen-bond acceptors (Lipinski definition) is 4. The van der Waals surface area contributed by atoms with Crippen LogP contribution in [0.15, 0.2) is 53.4 Å². The van der Waals surface area contributed by atoms with Crippen molar-refractivity contribution in [3.63, 3.8) is 0 Å². The molecule has 2 rings (SSSR count). The van der Waals surface area contributed by atoms with Crippen molar-refractivity contribution in [1.29, 1.82) is 0 Å². The van der Waals surface area contributed by atoms with Gasteiger partial charge in [-0.1, -0.05) is 13.0 Å². The zero-order valence-electron chi connectivity index (χ0n) is 11.5. The van der Waals surface area contributed by atoms with Gasteiger partial charge in [0.1, 0.15) is 0 Å². The van der Waals surface area contributed by atoms with Gasteiger partial charge >= 0.3 is 0 Å². The van der Waals surface area contributed by atoms with Crippen molar-refractivity contribution in [3.8, 4) is 0 Å². The van der Waals surface area contributed by atoms with Crippen LogP contribution in [0.2, 0.25) is 0 Å². The lowest BCUT2D eigenvalue weighted by molar-refractivity contribution is 0.102. The van der Waals surface area contributed by atoms with Crippen molar-refractivity contribution >= 4 is 27.1 Å². The predicted molar refractivity (Wildman–Crippen MR) is 83.0 cm³/mol. The van der Waals surface area contributed by atoms with Gasteiger partial charge < -0.3 is 11.1 Å². The number of rotatable bonds is 4. The largest absolute Gasteiger partial charge is 0.399 e. The molecule has 0 bridgehead atoms. The van der Waals surface area contributed by atoms with Gasteiger partial charge in [0.15, 0.2) is 9.84 Å². The van der Waals surface area contributed by atoms with Crippen molar-refractivity contribution < 1.29 is 13.2 Å². The number of hydrogen-bond donors (Lipinski definition) is 2. The van der Waals surface area contributed by atoms with E-state index in [1.54, 1.807) is 43.3 Å². The van der Waals surface area contributed by atoms with E-state index in [0.717, 1.165) is 0 Å². The molecule has 2 aromatic carbocycles. The van der Waals surface area contributed by atoms with Gasteiger partial charge in [-0.25, -0.2) is 8.42 Å². The molecule has 0 unspecified atom stereocenters. The first-order valence-corrected chi connectivity index (χ1v) is 8.07. The summed E-state index contributed by atoms with van der Waals surface area (Å²) in [6, 6.07) is 12.7. The van der Waals surface area contributed by atoms with E-state index in [1.807, 2.05) is 0 Å². The van der Waals surface area contributed by atoms with Crippen LogP contribution >= 0.6 is 0 Å². The van der Waals surface area contributed by atoms with E-state index in [9.17, 15) is 13.2 Å². The molecule has 1 amide bonds. The number of sulfone groups is 1. The summed E-state index contributed by atoms with van der Waals surface area (Å²) >= 11 is 0. The third-order valence-corrected chi connectivity index (χ3v) is 4.75. The minimum atomic E-state index is -3.23. The minimum absolute atomic E-state index is 0.0436. The molecule has 3 N–H and O–H groups in total. The second-order valence-corrected chi connectivity index (χ2v) is 6.79. The van der Waals surface area contributed by atoms with E-state index >= 15 is 0 Å². The number of nitrogens with two attached hydrogens (primary N) is 1. The van der Waals surface area contributed by atoms with Crippen LogP contribution in [0.25, 0.3) is 0 Å². The summed E-state index contributed by atoms with van der Waals surface area (Å²) in [5, 5.41) is 2.69. The van der Waals surface area contributed by atoms with E-state index in [0.29, 0.717) is 16.9 Å². The van der Waals surface area contributed by atoms with Crippen molar-refractivity contribution in [2.75, 3.05) is 16.8 Å². The van der Waals surface area contributed by atoms with Gasteiger partial charge in [0.05, 0.1) is 10.6 Å². The Hall–Kier alpha value is -2.34. The van der Waals surface area contributed by atoms with Crippen molar-refractivity contribution in [1.82, 2.24) is 0 Å². The summed E-state index contributed by atoms with van der Waals surface area (Å²) in [6.45, 7) is 1.59. The fourth-order valence-electron chi connectivity index (χ4n) is 1.80. The molecule has 0 saturated carbocycles. The highest BCUT2D eigenvalue weighted by Gasteiger charge is 2.11. The van der Waals surface area contributed by atoms with E-state index < -0.39 is 9.84 Å². The number of benzene rings is 2. The zero-order chi connectivity index (χ0) is 15.5. The third kappa shape index (κ3) is 3.61. The average molecular weight is 304 g/mol. The Bertz CT molecular complexity index is 753. The molecule has 2 aromatic rings. The number of carbonyl (C=O) groups excluding carboxylic acids is 1.